The first-order chi connectivity index (χ1) is 6.33. The number of methoxy groups -OCH3 is 1. The molecule has 0 atom stereocenters. The molecule has 2 rings (SSSR count). The van der Waals surface area contributed by atoms with Crippen LogP contribution in [-0.2, 0) is 4.74 Å². The van der Waals surface area contributed by atoms with Gasteiger partial charge in [-0.25, -0.2) is 4.79 Å². The number of aromatic nitrogens is 2. The van der Waals surface area contributed by atoms with Gasteiger partial charge in [-0.2, -0.15) is 0 Å². The van der Waals surface area contributed by atoms with Crippen LogP contribution in [-0.4, -0.2) is 22.7 Å². The first-order valence-electron chi connectivity index (χ1n) is 3.62. The third kappa shape index (κ3) is 1.27. The highest BCUT2D eigenvalue weighted by Crippen LogP contribution is 2.20. The molecule has 0 amide bonds. The molecule has 5 heteroatoms. The Balaban J connectivity index is 2.67. The third-order valence-corrected chi connectivity index (χ3v) is 2.46. The first-order valence-corrected chi connectivity index (χ1v) is 4.39. The number of hydrogen-bond acceptors (Lipinski definition) is 5. The van der Waals surface area contributed by atoms with E-state index in [9.17, 15) is 4.79 Å². The molecule has 66 valence electrons. The second-order valence-electron chi connectivity index (χ2n) is 2.42. The molecule has 0 N–H and O–H groups in total. The second-order valence-corrected chi connectivity index (χ2v) is 3.17. The second kappa shape index (κ2) is 3.10. The predicted octanol–water partition coefficient (Wildman–Crippen LogP) is 1.48. The van der Waals surface area contributed by atoms with Crippen molar-refractivity contribution in [2.45, 2.75) is 0 Å². The zero-order chi connectivity index (χ0) is 9.26. The summed E-state index contributed by atoms with van der Waals surface area (Å²) in [6.07, 6.45) is 0. The largest absolute Gasteiger partial charge is 0.465 e. The van der Waals surface area contributed by atoms with Gasteiger partial charge in [0.05, 0.1) is 17.4 Å². The Morgan fingerprint density at radius 2 is 2.38 bits per heavy atom. The van der Waals surface area contributed by atoms with Crippen LogP contribution in [0.1, 0.15) is 10.4 Å². The van der Waals surface area contributed by atoms with Crippen LogP contribution in [0.4, 0.5) is 0 Å². The molecule has 4 nitrogen and oxygen atoms in total. The first kappa shape index (κ1) is 8.12. The monoisotopic (exact) mass is 194 g/mol. The maximum Gasteiger partial charge on any atom is 0.339 e. The lowest BCUT2D eigenvalue weighted by atomic mass is 10.2. The van der Waals surface area contributed by atoms with Crippen LogP contribution in [0.3, 0.4) is 0 Å². The van der Waals surface area contributed by atoms with E-state index < -0.39 is 0 Å². The summed E-state index contributed by atoms with van der Waals surface area (Å²) in [5.74, 6) is -0.350. The molecule has 0 bridgehead atoms. The maximum absolute atomic E-state index is 11.3. The SMILES string of the molecule is COC(=O)c1cccc2nnsc12. The molecule has 1 aromatic carbocycles. The minimum absolute atomic E-state index is 0.350. The lowest BCUT2D eigenvalue weighted by Gasteiger charge is -1.97. The van der Waals surface area contributed by atoms with Gasteiger partial charge in [0.15, 0.2) is 0 Å². The van der Waals surface area contributed by atoms with E-state index >= 15 is 0 Å². The van der Waals surface area contributed by atoms with Crippen molar-refractivity contribution >= 4 is 27.7 Å². The standard InChI is InChI=1S/C8H6N2O2S/c1-12-8(11)5-3-2-4-6-7(5)13-10-9-6/h2-4H,1H3. The minimum Gasteiger partial charge on any atom is -0.465 e. The molecule has 1 aromatic heterocycles. The van der Waals surface area contributed by atoms with Crippen LogP contribution in [0.25, 0.3) is 10.2 Å². The quantitative estimate of drug-likeness (QED) is 0.645. The van der Waals surface area contributed by atoms with E-state index in [1.807, 2.05) is 6.07 Å². The number of carbonyl (C=O) groups is 1. The average molecular weight is 194 g/mol. The van der Waals surface area contributed by atoms with Gasteiger partial charge >= 0.3 is 5.97 Å². The number of ether oxygens (including phenoxy) is 1. The smallest absolute Gasteiger partial charge is 0.339 e. The number of rotatable bonds is 1. The molecule has 1 heterocycles. The van der Waals surface area contributed by atoms with Crippen LogP contribution >= 0.6 is 11.5 Å². The van der Waals surface area contributed by atoms with Gasteiger partial charge in [0, 0.05) is 0 Å². The van der Waals surface area contributed by atoms with Crippen molar-refractivity contribution in [2.75, 3.05) is 7.11 Å². The summed E-state index contributed by atoms with van der Waals surface area (Å²) in [4.78, 5) is 11.3. The van der Waals surface area contributed by atoms with Gasteiger partial charge in [-0.05, 0) is 23.7 Å². The molecule has 0 saturated carbocycles. The average Bonchev–Trinajstić information content (AvgIpc) is 2.63. The highest BCUT2D eigenvalue weighted by molar-refractivity contribution is 7.13. The Kier molecular flexibility index (Phi) is 1.94. The Hall–Kier alpha value is -1.49. The van der Waals surface area contributed by atoms with E-state index in [2.05, 4.69) is 14.3 Å². The number of hydrogen-bond donors (Lipinski definition) is 0. The Bertz CT molecular complexity index is 452. The minimum atomic E-state index is -0.350. The van der Waals surface area contributed by atoms with E-state index in [1.165, 1.54) is 18.6 Å². The molecule has 0 fully saturated rings. The molecule has 13 heavy (non-hydrogen) atoms. The molecule has 0 aliphatic carbocycles. The van der Waals surface area contributed by atoms with Crippen molar-refractivity contribution in [2.24, 2.45) is 0 Å². The van der Waals surface area contributed by atoms with Crippen molar-refractivity contribution in [3.63, 3.8) is 0 Å². The molecule has 0 spiro atoms. The van der Waals surface area contributed by atoms with E-state index in [0.717, 1.165) is 10.2 Å². The molecule has 0 unspecified atom stereocenters. The molecular weight excluding hydrogens is 188 g/mol. The Labute approximate surface area is 78.3 Å². The van der Waals surface area contributed by atoms with Crippen LogP contribution in [0.15, 0.2) is 18.2 Å². The fraction of sp³-hybridized carbons (Fsp3) is 0.125. The topological polar surface area (TPSA) is 52.1 Å². The van der Waals surface area contributed by atoms with Gasteiger partial charge in [0.1, 0.15) is 5.52 Å². The van der Waals surface area contributed by atoms with Gasteiger partial charge in [-0.3, -0.25) is 0 Å². The molecular formula is C8H6N2O2S. The fourth-order valence-corrected chi connectivity index (χ4v) is 1.74. The molecule has 0 aliphatic heterocycles. The highest BCUT2D eigenvalue weighted by Gasteiger charge is 2.11. The van der Waals surface area contributed by atoms with Gasteiger partial charge in [-0.15, -0.1) is 5.10 Å². The number of nitrogens with zero attached hydrogens (tertiary/aromatic N) is 2. The van der Waals surface area contributed by atoms with Crippen molar-refractivity contribution in [3.8, 4) is 0 Å². The van der Waals surface area contributed by atoms with Crippen LogP contribution in [0.2, 0.25) is 0 Å². The summed E-state index contributed by atoms with van der Waals surface area (Å²) in [7, 11) is 1.36. The Morgan fingerprint density at radius 1 is 1.54 bits per heavy atom. The van der Waals surface area contributed by atoms with E-state index in [0.29, 0.717) is 5.56 Å². The zero-order valence-electron chi connectivity index (χ0n) is 6.85. The van der Waals surface area contributed by atoms with E-state index in [-0.39, 0.29) is 5.97 Å². The molecule has 0 radical (unpaired) electrons. The van der Waals surface area contributed by atoms with Crippen molar-refractivity contribution < 1.29 is 9.53 Å². The predicted molar refractivity (Wildman–Crippen MR) is 48.8 cm³/mol. The van der Waals surface area contributed by atoms with Gasteiger partial charge in [0.25, 0.3) is 0 Å². The third-order valence-electron chi connectivity index (χ3n) is 1.68. The summed E-state index contributed by atoms with van der Waals surface area (Å²) in [6, 6.07) is 5.27. The number of carbonyl (C=O) groups excluding carboxylic acids is 1. The lowest BCUT2D eigenvalue weighted by Crippen LogP contribution is -2.00. The van der Waals surface area contributed by atoms with Crippen LogP contribution in [0, 0.1) is 0 Å². The van der Waals surface area contributed by atoms with Crippen molar-refractivity contribution in [3.05, 3.63) is 23.8 Å². The summed E-state index contributed by atoms with van der Waals surface area (Å²) in [5, 5.41) is 3.86. The summed E-state index contributed by atoms with van der Waals surface area (Å²) < 4.78 is 9.16. The molecule has 0 aliphatic rings. The molecule has 2 aromatic rings. The van der Waals surface area contributed by atoms with Gasteiger partial charge in [0.2, 0.25) is 0 Å². The maximum atomic E-state index is 11.3. The van der Waals surface area contributed by atoms with Gasteiger partial charge < -0.3 is 4.74 Å². The van der Waals surface area contributed by atoms with Crippen LogP contribution < -0.4 is 0 Å². The van der Waals surface area contributed by atoms with Crippen molar-refractivity contribution in [1.29, 1.82) is 0 Å². The van der Waals surface area contributed by atoms with E-state index in [1.54, 1.807) is 12.1 Å². The van der Waals surface area contributed by atoms with Crippen molar-refractivity contribution in [1.82, 2.24) is 9.59 Å². The number of esters is 1. The number of benzene rings is 1. The van der Waals surface area contributed by atoms with E-state index in [4.69, 9.17) is 0 Å². The van der Waals surface area contributed by atoms with Crippen LogP contribution in [0.5, 0.6) is 0 Å². The molecule has 0 saturated heterocycles. The Morgan fingerprint density at radius 3 is 3.15 bits per heavy atom. The normalized spacial score (nSPS) is 10.2. The summed E-state index contributed by atoms with van der Waals surface area (Å²) in [6.45, 7) is 0. The highest BCUT2D eigenvalue weighted by atomic mass is 32.1. The lowest BCUT2D eigenvalue weighted by molar-refractivity contribution is 0.0603. The summed E-state index contributed by atoms with van der Waals surface area (Å²) in [5.41, 5.74) is 1.25. The zero-order valence-corrected chi connectivity index (χ0v) is 7.67. The number of fused-ring (bicyclic) bond motifs is 1. The van der Waals surface area contributed by atoms with Gasteiger partial charge in [-0.1, -0.05) is 10.6 Å². The summed E-state index contributed by atoms with van der Waals surface area (Å²) >= 11 is 1.20. The fourth-order valence-electron chi connectivity index (χ4n) is 1.08.